The minimum absolute atomic E-state index is 0.150. The monoisotopic (exact) mass is 230 g/mol. The number of carbonyl (C=O) groups excluding carboxylic acids is 2. The standard InChI is InChI=1S/C14H14O3/c1-14-8-4-7-11(14)17-10-6-3-2-5-9(10)12(15)13(14)16/h2-3,5-6,11H,4,7-8H2,1H3/t11-,14-/m0/s1. The molecular formula is C14H14O3. The lowest BCUT2D eigenvalue weighted by Crippen LogP contribution is -2.40. The molecule has 0 spiro atoms. The van der Waals surface area contributed by atoms with E-state index in [0.29, 0.717) is 11.3 Å². The summed E-state index contributed by atoms with van der Waals surface area (Å²) in [5, 5.41) is 0. The fraction of sp³-hybridized carbons (Fsp3) is 0.429. The fourth-order valence-corrected chi connectivity index (χ4v) is 2.87. The Balaban J connectivity index is 2.16. The molecule has 3 nitrogen and oxygen atoms in total. The first-order valence-electron chi connectivity index (χ1n) is 5.98. The average molecular weight is 230 g/mol. The second-order valence-electron chi connectivity index (χ2n) is 5.07. The van der Waals surface area contributed by atoms with Gasteiger partial charge in [0.1, 0.15) is 11.9 Å². The highest BCUT2D eigenvalue weighted by Crippen LogP contribution is 2.44. The van der Waals surface area contributed by atoms with Crippen LogP contribution in [-0.4, -0.2) is 17.7 Å². The number of benzene rings is 1. The summed E-state index contributed by atoms with van der Waals surface area (Å²) in [7, 11) is 0. The molecule has 0 saturated heterocycles. The third kappa shape index (κ3) is 1.35. The zero-order valence-electron chi connectivity index (χ0n) is 9.73. The number of carbonyl (C=O) groups is 2. The molecule has 1 aromatic rings. The Kier molecular flexibility index (Phi) is 2.12. The van der Waals surface area contributed by atoms with E-state index in [1.54, 1.807) is 18.2 Å². The highest BCUT2D eigenvalue weighted by atomic mass is 16.5. The zero-order valence-corrected chi connectivity index (χ0v) is 9.73. The fourth-order valence-electron chi connectivity index (χ4n) is 2.87. The molecule has 2 atom stereocenters. The summed E-state index contributed by atoms with van der Waals surface area (Å²) in [6.45, 7) is 1.86. The van der Waals surface area contributed by atoms with Crippen molar-refractivity contribution in [3.8, 4) is 5.75 Å². The largest absolute Gasteiger partial charge is 0.489 e. The summed E-state index contributed by atoms with van der Waals surface area (Å²) >= 11 is 0. The van der Waals surface area contributed by atoms with Crippen molar-refractivity contribution in [2.24, 2.45) is 5.41 Å². The lowest BCUT2D eigenvalue weighted by atomic mass is 9.79. The maximum Gasteiger partial charge on any atom is 0.233 e. The smallest absolute Gasteiger partial charge is 0.233 e. The SMILES string of the molecule is C[C@]12CCC[C@@H]1Oc1ccccc1C(=O)C2=O. The Hall–Kier alpha value is -1.64. The van der Waals surface area contributed by atoms with Crippen LogP contribution >= 0.6 is 0 Å². The molecule has 88 valence electrons. The summed E-state index contributed by atoms with van der Waals surface area (Å²) in [5.41, 5.74) is -0.219. The summed E-state index contributed by atoms with van der Waals surface area (Å²) in [6, 6.07) is 7.02. The van der Waals surface area contributed by atoms with Gasteiger partial charge in [-0.15, -0.1) is 0 Å². The molecular weight excluding hydrogens is 216 g/mol. The molecule has 3 rings (SSSR count). The van der Waals surface area contributed by atoms with Crippen LogP contribution in [0.3, 0.4) is 0 Å². The third-order valence-corrected chi connectivity index (χ3v) is 4.00. The Morgan fingerprint density at radius 3 is 2.88 bits per heavy atom. The Morgan fingerprint density at radius 2 is 2.06 bits per heavy atom. The van der Waals surface area contributed by atoms with Crippen molar-refractivity contribution in [1.82, 2.24) is 0 Å². The molecule has 0 N–H and O–H groups in total. The van der Waals surface area contributed by atoms with Gasteiger partial charge in [-0.25, -0.2) is 0 Å². The first-order valence-corrected chi connectivity index (χ1v) is 5.98. The molecule has 0 bridgehead atoms. The zero-order chi connectivity index (χ0) is 12.0. The van der Waals surface area contributed by atoms with Gasteiger partial charge in [0.15, 0.2) is 0 Å². The van der Waals surface area contributed by atoms with Gasteiger partial charge in [-0.2, -0.15) is 0 Å². The van der Waals surface area contributed by atoms with E-state index in [0.717, 1.165) is 19.3 Å². The van der Waals surface area contributed by atoms with Crippen LogP contribution < -0.4 is 4.74 Å². The topological polar surface area (TPSA) is 43.4 Å². The second-order valence-corrected chi connectivity index (χ2v) is 5.07. The molecule has 0 unspecified atom stereocenters. The van der Waals surface area contributed by atoms with Gasteiger partial charge < -0.3 is 4.74 Å². The summed E-state index contributed by atoms with van der Waals surface area (Å²) < 4.78 is 5.88. The minimum Gasteiger partial charge on any atom is -0.489 e. The van der Waals surface area contributed by atoms with Gasteiger partial charge >= 0.3 is 0 Å². The molecule has 0 amide bonds. The summed E-state index contributed by atoms with van der Waals surface area (Å²) in [6.07, 6.45) is 2.39. The van der Waals surface area contributed by atoms with Gasteiger partial charge in [0, 0.05) is 0 Å². The van der Waals surface area contributed by atoms with E-state index < -0.39 is 11.2 Å². The van der Waals surface area contributed by atoms with Crippen LogP contribution in [0.15, 0.2) is 24.3 Å². The van der Waals surface area contributed by atoms with Gasteiger partial charge in [-0.1, -0.05) is 12.1 Å². The number of hydrogen-bond acceptors (Lipinski definition) is 3. The summed E-state index contributed by atoms with van der Waals surface area (Å²) in [4.78, 5) is 24.4. The lowest BCUT2D eigenvalue weighted by molar-refractivity contribution is -0.126. The highest BCUT2D eigenvalue weighted by molar-refractivity contribution is 6.46. The molecule has 1 heterocycles. The van der Waals surface area contributed by atoms with Crippen LogP contribution in [0.1, 0.15) is 36.5 Å². The molecule has 17 heavy (non-hydrogen) atoms. The van der Waals surface area contributed by atoms with Gasteiger partial charge in [0.25, 0.3) is 0 Å². The maximum absolute atomic E-state index is 12.3. The van der Waals surface area contributed by atoms with Crippen molar-refractivity contribution in [2.75, 3.05) is 0 Å². The molecule has 1 aliphatic heterocycles. The van der Waals surface area contributed by atoms with Crippen molar-refractivity contribution >= 4 is 11.6 Å². The van der Waals surface area contributed by atoms with Crippen LogP contribution in [0.2, 0.25) is 0 Å². The number of rotatable bonds is 0. The first kappa shape index (κ1) is 10.5. The van der Waals surface area contributed by atoms with Gasteiger partial charge in [-0.3, -0.25) is 9.59 Å². The van der Waals surface area contributed by atoms with Crippen molar-refractivity contribution in [3.63, 3.8) is 0 Å². The van der Waals surface area contributed by atoms with Crippen LogP contribution in [0.5, 0.6) is 5.75 Å². The van der Waals surface area contributed by atoms with E-state index in [1.165, 1.54) is 0 Å². The predicted octanol–water partition coefficient (Wildman–Crippen LogP) is 2.39. The lowest BCUT2D eigenvalue weighted by Gasteiger charge is -2.26. The minimum atomic E-state index is -0.629. The molecule has 0 radical (unpaired) electrons. The van der Waals surface area contributed by atoms with Crippen molar-refractivity contribution < 1.29 is 14.3 Å². The first-order chi connectivity index (χ1) is 8.13. The molecule has 1 aliphatic carbocycles. The van der Waals surface area contributed by atoms with Crippen molar-refractivity contribution in [2.45, 2.75) is 32.3 Å². The van der Waals surface area contributed by atoms with Gasteiger partial charge in [0.2, 0.25) is 11.6 Å². The van der Waals surface area contributed by atoms with Crippen LogP contribution in [0, 0.1) is 5.41 Å². The number of hydrogen-bond donors (Lipinski definition) is 0. The van der Waals surface area contributed by atoms with E-state index in [2.05, 4.69) is 0 Å². The van der Waals surface area contributed by atoms with E-state index in [-0.39, 0.29) is 11.9 Å². The highest BCUT2D eigenvalue weighted by Gasteiger charge is 2.51. The number of Topliss-reactive ketones (excluding diaryl/α,β-unsaturated/α-hetero) is 2. The quantitative estimate of drug-likeness (QED) is 0.643. The van der Waals surface area contributed by atoms with Crippen molar-refractivity contribution in [1.29, 1.82) is 0 Å². The van der Waals surface area contributed by atoms with Crippen LogP contribution in [0.4, 0.5) is 0 Å². The second kappa shape index (κ2) is 3.42. The molecule has 2 aliphatic rings. The Bertz CT molecular complexity index is 506. The predicted molar refractivity (Wildman–Crippen MR) is 62.2 cm³/mol. The molecule has 3 heteroatoms. The van der Waals surface area contributed by atoms with Crippen molar-refractivity contribution in [3.05, 3.63) is 29.8 Å². The summed E-state index contributed by atoms with van der Waals surface area (Å²) in [5.74, 6) is -0.126. The maximum atomic E-state index is 12.3. The average Bonchev–Trinajstić information content (AvgIpc) is 2.68. The number of fused-ring (bicyclic) bond motifs is 2. The van der Waals surface area contributed by atoms with Crippen LogP contribution in [-0.2, 0) is 4.79 Å². The number of ketones is 2. The molecule has 1 aromatic carbocycles. The van der Waals surface area contributed by atoms with Gasteiger partial charge in [0.05, 0.1) is 11.0 Å². The molecule has 1 fully saturated rings. The van der Waals surface area contributed by atoms with E-state index in [9.17, 15) is 9.59 Å². The van der Waals surface area contributed by atoms with E-state index >= 15 is 0 Å². The van der Waals surface area contributed by atoms with E-state index in [4.69, 9.17) is 4.74 Å². The molecule has 0 aromatic heterocycles. The van der Waals surface area contributed by atoms with Crippen LogP contribution in [0.25, 0.3) is 0 Å². The molecule has 1 saturated carbocycles. The Labute approximate surface area is 99.8 Å². The number of para-hydroxylation sites is 1. The normalized spacial score (nSPS) is 31.5. The third-order valence-electron chi connectivity index (χ3n) is 4.00. The Morgan fingerprint density at radius 1 is 1.29 bits per heavy atom. The van der Waals surface area contributed by atoms with Gasteiger partial charge in [-0.05, 0) is 38.3 Å². The number of ether oxygens (including phenoxy) is 1. The van der Waals surface area contributed by atoms with E-state index in [1.807, 2.05) is 13.0 Å².